The molecule has 0 saturated heterocycles. The Balaban J connectivity index is 0.000000980. The third-order valence-electron chi connectivity index (χ3n) is 2.63. The molecule has 0 radical (unpaired) electrons. The Morgan fingerprint density at radius 3 is 2.64 bits per heavy atom. The number of hydrogen-bond acceptors (Lipinski definition) is 0. The van der Waals surface area contributed by atoms with Crippen molar-refractivity contribution in [3.05, 3.63) is 41.5 Å². The topological polar surface area (TPSA) is 0 Å². The molecule has 0 nitrogen and oxygen atoms in total. The van der Waals surface area contributed by atoms with Gasteiger partial charge >= 0.3 is 18.9 Å². The van der Waals surface area contributed by atoms with Crippen molar-refractivity contribution in [2.45, 2.75) is 26.7 Å². The first-order valence-corrected chi connectivity index (χ1v) is 4.97. The van der Waals surface area contributed by atoms with Gasteiger partial charge in [-0.25, -0.2) is 0 Å². The average molecular weight is 178 g/mol. The molecule has 0 aliphatic rings. The van der Waals surface area contributed by atoms with Gasteiger partial charge in [0.2, 0.25) is 0 Å². The maximum atomic E-state index is 2.29. The van der Waals surface area contributed by atoms with Crippen LogP contribution < -0.4 is 18.9 Å². The summed E-state index contributed by atoms with van der Waals surface area (Å²) in [4.78, 5) is 0. The maximum absolute atomic E-state index is 2.29. The van der Waals surface area contributed by atoms with E-state index < -0.39 is 0 Å². The van der Waals surface area contributed by atoms with Crippen molar-refractivity contribution in [1.29, 1.82) is 0 Å². The zero-order valence-corrected chi connectivity index (χ0v) is 9.30. The molecule has 0 aromatic heterocycles. The summed E-state index contributed by atoms with van der Waals surface area (Å²) >= 11 is 0. The standard InChI is InChI=1S/C13H15.Li/c1-3-6-12-10(2)9-11-7-4-5-8-13(11)12;/h4-5,7-9H,3,6H2,1-2H3;/q-1;+1. The van der Waals surface area contributed by atoms with Gasteiger partial charge in [-0.2, -0.15) is 6.07 Å². The van der Waals surface area contributed by atoms with E-state index in [1.54, 1.807) is 0 Å². The summed E-state index contributed by atoms with van der Waals surface area (Å²) in [5.74, 6) is 0. The van der Waals surface area contributed by atoms with Crippen LogP contribution in [0.1, 0.15) is 24.5 Å². The Hall–Kier alpha value is -0.573. The Labute approximate surface area is 97.9 Å². The summed E-state index contributed by atoms with van der Waals surface area (Å²) in [6.45, 7) is 4.45. The molecule has 2 rings (SSSR count). The van der Waals surface area contributed by atoms with Crippen molar-refractivity contribution in [3.8, 4) is 0 Å². The Kier molecular flexibility index (Phi) is 3.93. The molecule has 0 saturated carbocycles. The van der Waals surface area contributed by atoms with E-state index in [0.29, 0.717) is 0 Å². The Morgan fingerprint density at radius 2 is 1.93 bits per heavy atom. The van der Waals surface area contributed by atoms with Crippen molar-refractivity contribution >= 4 is 10.8 Å². The third kappa shape index (κ3) is 1.92. The van der Waals surface area contributed by atoms with Crippen LogP contribution >= 0.6 is 0 Å². The second-order valence-electron chi connectivity index (χ2n) is 3.64. The molecule has 2 aromatic rings. The van der Waals surface area contributed by atoms with E-state index in [0.717, 1.165) is 0 Å². The monoisotopic (exact) mass is 178 g/mol. The van der Waals surface area contributed by atoms with Crippen LogP contribution in [0.25, 0.3) is 10.8 Å². The van der Waals surface area contributed by atoms with Gasteiger partial charge in [0.25, 0.3) is 0 Å². The molecule has 0 bridgehead atoms. The van der Waals surface area contributed by atoms with Crippen molar-refractivity contribution in [1.82, 2.24) is 0 Å². The fourth-order valence-corrected chi connectivity index (χ4v) is 2.01. The minimum Gasteiger partial charge on any atom is -0.165 e. The summed E-state index contributed by atoms with van der Waals surface area (Å²) in [6.07, 6.45) is 2.44. The van der Waals surface area contributed by atoms with Crippen LogP contribution in [0, 0.1) is 6.92 Å². The van der Waals surface area contributed by atoms with Crippen LogP contribution in [0.4, 0.5) is 0 Å². The van der Waals surface area contributed by atoms with Crippen LogP contribution in [0.15, 0.2) is 30.3 Å². The quantitative estimate of drug-likeness (QED) is 0.472. The van der Waals surface area contributed by atoms with Crippen molar-refractivity contribution in [2.24, 2.45) is 0 Å². The summed E-state index contributed by atoms with van der Waals surface area (Å²) in [6, 6.07) is 11.0. The molecule has 14 heavy (non-hydrogen) atoms. The normalized spacial score (nSPS) is 10.1. The predicted octanol–water partition coefficient (Wildman–Crippen LogP) is 0.824. The van der Waals surface area contributed by atoms with Crippen LogP contribution in [-0.4, -0.2) is 0 Å². The summed E-state index contributed by atoms with van der Waals surface area (Å²) in [5.41, 5.74) is 2.99. The molecule has 0 fully saturated rings. The molecule has 0 N–H and O–H groups in total. The molecule has 0 aliphatic carbocycles. The number of rotatable bonds is 2. The fraction of sp³-hybridized carbons (Fsp3) is 0.308. The number of hydrogen-bond donors (Lipinski definition) is 0. The molecule has 0 spiro atoms. The largest absolute Gasteiger partial charge is 1.00 e. The van der Waals surface area contributed by atoms with E-state index in [4.69, 9.17) is 0 Å². The van der Waals surface area contributed by atoms with Crippen molar-refractivity contribution in [2.75, 3.05) is 0 Å². The molecular weight excluding hydrogens is 163 g/mol. The minimum absolute atomic E-state index is 0. The van der Waals surface area contributed by atoms with Crippen LogP contribution in [-0.2, 0) is 6.42 Å². The smallest absolute Gasteiger partial charge is 0.165 e. The SMILES string of the molecule is CCC[c-]1c(C)cc2ccccc21.[Li+]. The Bertz CT molecular complexity index is 412. The maximum Gasteiger partial charge on any atom is 1.00 e. The number of benzene rings is 1. The van der Waals surface area contributed by atoms with Crippen molar-refractivity contribution in [3.63, 3.8) is 0 Å². The summed E-state index contributed by atoms with van der Waals surface area (Å²) in [5, 5.41) is 2.84. The molecule has 0 heterocycles. The van der Waals surface area contributed by atoms with E-state index in [2.05, 4.69) is 44.2 Å². The molecule has 0 amide bonds. The first-order chi connectivity index (χ1) is 6.33. The van der Waals surface area contributed by atoms with Gasteiger partial charge in [-0.1, -0.05) is 32.8 Å². The zero-order valence-electron chi connectivity index (χ0n) is 9.30. The summed E-state index contributed by atoms with van der Waals surface area (Å²) in [7, 11) is 0. The number of aryl methyl sites for hydroxylation is 2. The molecule has 68 valence electrons. The van der Waals surface area contributed by atoms with E-state index in [1.165, 1.54) is 34.7 Å². The molecule has 0 unspecified atom stereocenters. The average Bonchev–Trinajstić information content (AvgIpc) is 2.44. The van der Waals surface area contributed by atoms with Gasteiger partial charge in [0.1, 0.15) is 0 Å². The van der Waals surface area contributed by atoms with Crippen LogP contribution in [0.2, 0.25) is 0 Å². The number of fused-ring (bicyclic) bond motifs is 1. The zero-order chi connectivity index (χ0) is 9.26. The van der Waals surface area contributed by atoms with Gasteiger partial charge < -0.3 is 0 Å². The van der Waals surface area contributed by atoms with Gasteiger partial charge in [0.15, 0.2) is 0 Å². The summed E-state index contributed by atoms with van der Waals surface area (Å²) < 4.78 is 0. The van der Waals surface area contributed by atoms with Gasteiger partial charge in [-0.15, -0.1) is 40.1 Å². The fourth-order valence-electron chi connectivity index (χ4n) is 2.01. The Morgan fingerprint density at radius 1 is 1.21 bits per heavy atom. The second kappa shape index (κ2) is 4.78. The van der Waals surface area contributed by atoms with Gasteiger partial charge in [0.05, 0.1) is 0 Å². The third-order valence-corrected chi connectivity index (χ3v) is 2.63. The first-order valence-electron chi connectivity index (χ1n) is 4.97. The second-order valence-corrected chi connectivity index (χ2v) is 3.64. The van der Waals surface area contributed by atoms with E-state index in [9.17, 15) is 0 Å². The van der Waals surface area contributed by atoms with E-state index in [-0.39, 0.29) is 18.9 Å². The molecule has 2 aromatic carbocycles. The van der Waals surface area contributed by atoms with Crippen molar-refractivity contribution < 1.29 is 18.9 Å². The molecular formula is C13H15Li. The van der Waals surface area contributed by atoms with Crippen LogP contribution in [0.3, 0.4) is 0 Å². The first kappa shape index (κ1) is 11.5. The predicted molar refractivity (Wildman–Crippen MR) is 58.3 cm³/mol. The van der Waals surface area contributed by atoms with Crippen LogP contribution in [0.5, 0.6) is 0 Å². The van der Waals surface area contributed by atoms with E-state index >= 15 is 0 Å². The van der Waals surface area contributed by atoms with Gasteiger partial charge in [0, 0.05) is 0 Å². The molecule has 1 heteroatoms. The van der Waals surface area contributed by atoms with E-state index in [1.807, 2.05) is 0 Å². The molecule has 0 aliphatic heterocycles. The minimum atomic E-state index is 0. The van der Waals surface area contributed by atoms with Gasteiger partial charge in [-0.05, 0) is 0 Å². The van der Waals surface area contributed by atoms with Gasteiger partial charge in [-0.3, -0.25) is 0 Å². The molecule has 0 atom stereocenters.